The van der Waals surface area contributed by atoms with E-state index in [4.69, 9.17) is 0 Å². The molecular formula is C11H24. The van der Waals surface area contributed by atoms with Crippen LogP contribution in [-0.2, 0) is 0 Å². The van der Waals surface area contributed by atoms with Gasteiger partial charge in [0.05, 0.1) is 0 Å². The SMILES string of the molecule is CCCCC(C)C(C)(C)CC. The lowest BCUT2D eigenvalue weighted by Gasteiger charge is -2.30. The fourth-order valence-corrected chi connectivity index (χ4v) is 1.25. The molecule has 0 N–H and O–H groups in total. The minimum Gasteiger partial charge on any atom is -0.0654 e. The summed E-state index contributed by atoms with van der Waals surface area (Å²) < 4.78 is 0. The molecule has 0 aromatic carbocycles. The molecule has 0 radical (unpaired) electrons. The molecule has 68 valence electrons. The number of hydrogen-bond donors (Lipinski definition) is 0. The Kier molecular flexibility index (Phi) is 4.79. The van der Waals surface area contributed by atoms with Crippen LogP contribution in [0.15, 0.2) is 0 Å². The molecule has 0 nitrogen and oxygen atoms in total. The Morgan fingerprint density at radius 2 is 1.73 bits per heavy atom. The largest absolute Gasteiger partial charge is 0.0654 e. The van der Waals surface area contributed by atoms with E-state index in [1.807, 2.05) is 0 Å². The van der Waals surface area contributed by atoms with Gasteiger partial charge >= 0.3 is 0 Å². The van der Waals surface area contributed by atoms with Crippen LogP contribution < -0.4 is 0 Å². The second-order valence-electron chi connectivity index (χ2n) is 4.39. The van der Waals surface area contributed by atoms with Crippen molar-refractivity contribution in [3.63, 3.8) is 0 Å². The van der Waals surface area contributed by atoms with E-state index in [0.29, 0.717) is 5.41 Å². The maximum atomic E-state index is 2.39. The van der Waals surface area contributed by atoms with Gasteiger partial charge in [-0.3, -0.25) is 0 Å². The van der Waals surface area contributed by atoms with Crippen molar-refractivity contribution in [2.45, 2.75) is 60.3 Å². The molecule has 0 heteroatoms. The third-order valence-electron chi connectivity index (χ3n) is 3.24. The second-order valence-corrected chi connectivity index (χ2v) is 4.39. The second kappa shape index (κ2) is 4.79. The Labute approximate surface area is 72.4 Å². The summed E-state index contributed by atoms with van der Waals surface area (Å²) in [6.45, 7) is 11.7. The predicted molar refractivity (Wildman–Crippen MR) is 52.8 cm³/mol. The highest BCUT2D eigenvalue weighted by Crippen LogP contribution is 2.33. The minimum atomic E-state index is 0.551. The topological polar surface area (TPSA) is 0 Å². The molecule has 0 spiro atoms. The molecule has 0 rings (SSSR count). The summed E-state index contributed by atoms with van der Waals surface area (Å²) in [4.78, 5) is 0. The van der Waals surface area contributed by atoms with Gasteiger partial charge in [0.2, 0.25) is 0 Å². The molecule has 0 bridgehead atoms. The van der Waals surface area contributed by atoms with Crippen molar-refractivity contribution < 1.29 is 0 Å². The minimum absolute atomic E-state index is 0.551. The summed E-state index contributed by atoms with van der Waals surface area (Å²) in [5, 5.41) is 0. The van der Waals surface area contributed by atoms with Gasteiger partial charge < -0.3 is 0 Å². The van der Waals surface area contributed by atoms with Gasteiger partial charge in [0, 0.05) is 0 Å². The van der Waals surface area contributed by atoms with Crippen LogP contribution in [0.4, 0.5) is 0 Å². The molecule has 0 saturated carbocycles. The van der Waals surface area contributed by atoms with E-state index in [2.05, 4.69) is 34.6 Å². The maximum absolute atomic E-state index is 2.39. The summed E-state index contributed by atoms with van der Waals surface area (Å²) in [6.07, 6.45) is 5.43. The normalized spacial score (nSPS) is 15.0. The average Bonchev–Trinajstić information content (AvgIpc) is 2.00. The zero-order valence-corrected chi connectivity index (χ0v) is 8.91. The van der Waals surface area contributed by atoms with Crippen LogP contribution in [0.2, 0.25) is 0 Å². The molecule has 0 heterocycles. The first-order valence-corrected chi connectivity index (χ1v) is 5.04. The summed E-state index contributed by atoms with van der Waals surface area (Å²) in [7, 11) is 0. The van der Waals surface area contributed by atoms with Crippen LogP contribution in [0.3, 0.4) is 0 Å². The fourth-order valence-electron chi connectivity index (χ4n) is 1.25. The van der Waals surface area contributed by atoms with E-state index >= 15 is 0 Å². The van der Waals surface area contributed by atoms with Crippen molar-refractivity contribution in [1.82, 2.24) is 0 Å². The van der Waals surface area contributed by atoms with Crippen LogP contribution in [0.5, 0.6) is 0 Å². The van der Waals surface area contributed by atoms with Crippen LogP contribution in [0.1, 0.15) is 60.3 Å². The summed E-state index contributed by atoms with van der Waals surface area (Å²) in [5.74, 6) is 0.882. The third kappa shape index (κ3) is 3.79. The van der Waals surface area contributed by atoms with Crippen molar-refractivity contribution in [2.24, 2.45) is 11.3 Å². The molecule has 1 atom stereocenters. The standard InChI is InChI=1S/C11H24/c1-6-8-9-10(3)11(4,5)7-2/h10H,6-9H2,1-5H3. The molecule has 0 fully saturated rings. The predicted octanol–water partition coefficient (Wildman–Crippen LogP) is 4.25. The third-order valence-corrected chi connectivity index (χ3v) is 3.24. The van der Waals surface area contributed by atoms with Gasteiger partial charge in [0.1, 0.15) is 0 Å². The molecular weight excluding hydrogens is 132 g/mol. The van der Waals surface area contributed by atoms with Gasteiger partial charge in [-0.15, -0.1) is 0 Å². The Morgan fingerprint density at radius 3 is 2.09 bits per heavy atom. The van der Waals surface area contributed by atoms with E-state index in [0.717, 1.165) is 5.92 Å². The molecule has 0 aromatic rings. The Bertz CT molecular complexity index is 92.2. The summed E-state index contributed by atoms with van der Waals surface area (Å²) >= 11 is 0. The highest BCUT2D eigenvalue weighted by atomic mass is 14.3. The quantitative estimate of drug-likeness (QED) is 0.558. The van der Waals surface area contributed by atoms with Crippen molar-refractivity contribution in [1.29, 1.82) is 0 Å². The molecule has 0 aliphatic heterocycles. The zero-order valence-electron chi connectivity index (χ0n) is 8.91. The van der Waals surface area contributed by atoms with Crippen molar-refractivity contribution >= 4 is 0 Å². The lowest BCUT2D eigenvalue weighted by molar-refractivity contribution is 0.206. The van der Waals surface area contributed by atoms with Gasteiger partial charge in [0.15, 0.2) is 0 Å². The van der Waals surface area contributed by atoms with E-state index in [1.165, 1.54) is 25.7 Å². The number of hydrogen-bond acceptors (Lipinski definition) is 0. The van der Waals surface area contributed by atoms with E-state index in [1.54, 1.807) is 0 Å². The Morgan fingerprint density at radius 1 is 1.18 bits per heavy atom. The van der Waals surface area contributed by atoms with Crippen LogP contribution in [0.25, 0.3) is 0 Å². The number of unbranched alkanes of at least 4 members (excludes halogenated alkanes) is 1. The first-order valence-electron chi connectivity index (χ1n) is 5.04. The van der Waals surface area contributed by atoms with E-state index in [9.17, 15) is 0 Å². The highest BCUT2D eigenvalue weighted by Gasteiger charge is 2.22. The van der Waals surface area contributed by atoms with Crippen molar-refractivity contribution in [2.75, 3.05) is 0 Å². The molecule has 0 aromatic heterocycles. The van der Waals surface area contributed by atoms with Gasteiger partial charge in [-0.25, -0.2) is 0 Å². The van der Waals surface area contributed by atoms with Gasteiger partial charge in [-0.1, -0.05) is 60.3 Å². The average molecular weight is 156 g/mol. The van der Waals surface area contributed by atoms with Crippen LogP contribution in [-0.4, -0.2) is 0 Å². The monoisotopic (exact) mass is 156 g/mol. The molecule has 11 heavy (non-hydrogen) atoms. The first kappa shape index (κ1) is 11.0. The summed E-state index contributed by atoms with van der Waals surface area (Å²) in [6, 6.07) is 0. The lowest BCUT2D eigenvalue weighted by atomic mass is 9.75. The lowest BCUT2D eigenvalue weighted by Crippen LogP contribution is -2.20. The first-order chi connectivity index (χ1) is 5.04. The Balaban J connectivity index is 3.71. The molecule has 0 aliphatic rings. The van der Waals surface area contributed by atoms with Gasteiger partial charge in [-0.05, 0) is 11.3 Å². The molecule has 1 unspecified atom stereocenters. The Hall–Kier alpha value is 0. The summed E-state index contributed by atoms with van der Waals surface area (Å²) in [5.41, 5.74) is 0.551. The maximum Gasteiger partial charge on any atom is -0.0331 e. The van der Waals surface area contributed by atoms with Crippen molar-refractivity contribution in [3.8, 4) is 0 Å². The highest BCUT2D eigenvalue weighted by molar-refractivity contribution is 4.73. The van der Waals surface area contributed by atoms with Crippen molar-refractivity contribution in [3.05, 3.63) is 0 Å². The van der Waals surface area contributed by atoms with Crippen LogP contribution >= 0.6 is 0 Å². The van der Waals surface area contributed by atoms with Gasteiger partial charge in [-0.2, -0.15) is 0 Å². The zero-order chi connectivity index (χ0) is 8.91. The number of rotatable bonds is 5. The molecule has 0 aliphatic carbocycles. The van der Waals surface area contributed by atoms with E-state index in [-0.39, 0.29) is 0 Å². The van der Waals surface area contributed by atoms with Crippen LogP contribution in [0, 0.1) is 11.3 Å². The van der Waals surface area contributed by atoms with E-state index < -0.39 is 0 Å². The smallest absolute Gasteiger partial charge is 0.0331 e. The molecule has 0 saturated heterocycles. The molecule has 0 amide bonds. The fraction of sp³-hybridized carbons (Fsp3) is 1.00. The van der Waals surface area contributed by atoms with Gasteiger partial charge in [0.25, 0.3) is 0 Å².